The largest absolute Gasteiger partial charge is 0.319 e. The summed E-state index contributed by atoms with van der Waals surface area (Å²) in [7, 11) is 0. The molecule has 1 aromatic carbocycles. The Morgan fingerprint density at radius 1 is 1.16 bits per heavy atom. The van der Waals surface area contributed by atoms with E-state index in [-0.39, 0.29) is 0 Å². The van der Waals surface area contributed by atoms with E-state index in [2.05, 4.69) is 4.98 Å². The summed E-state index contributed by atoms with van der Waals surface area (Å²) >= 11 is 1.43. The van der Waals surface area contributed by atoms with E-state index < -0.39 is 17.2 Å². The van der Waals surface area contributed by atoms with E-state index >= 15 is 0 Å². The fourth-order valence-electron chi connectivity index (χ4n) is 1.89. The van der Waals surface area contributed by atoms with Crippen molar-refractivity contribution in [3.8, 4) is 11.3 Å². The molecule has 2 nitrogen and oxygen atoms in total. The monoisotopic (exact) mass is 282 g/mol. The molecule has 0 fully saturated rings. The van der Waals surface area contributed by atoms with E-state index in [0.717, 1.165) is 23.9 Å². The smallest absolute Gasteiger partial charge is 0.126 e. The molecule has 0 saturated heterocycles. The number of aromatic nitrogens is 1. The van der Waals surface area contributed by atoms with Crippen LogP contribution >= 0.6 is 11.3 Å². The summed E-state index contributed by atoms with van der Waals surface area (Å²) in [4.78, 5) is 4.44. The summed E-state index contributed by atoms with van der Waals surface area (Å²) < 4.78 is 26.4. The van der Waals surface area contributed by atoms with Gasteiger partial charge in [-0.2, -0.15) is 0 Å². The second-order valence-electron chi connectivity index (χ2n) is 4.56. The molecule has 0 aliphatic carbocycles. The van der Waals surface area contributed by atoms with E-state index in [0.29, 0.717) is 11.3 Å². The van der Waals surface area contributed by atoms with Crippen molar-refractivity contribution >= 4 is 11.3 Å². The molecule has 2 rings (SSSR count). The summed E-state index contributed by atoms with van der Waals surface area (Å²) in [5.74, 6) is -1.20. The summed E-state index contributed by atoms with van der Waals surface area (Å²) in [6.45, 7) is 4.01. The molecular formula is C14H16F2N2S. The lowest BCUT2D eigenvalue weighted by molar-refractivity contribution is 0.411. The third-order valence-electron chi connectivity index (χ3n) is 3.35. The Labute approximate surface area is 115 Å². The van der Waals surface area contributed by atoms with Crippen LogP contribution in [0.5, 0.6) is 0 Å². The van der Waals surface area contributed by atoms with E-state index in [1.54, 1.807) is 5.38 Å². The van der Waals surface area contributed by atoms with Crippen molar-refractivity contribution in [2.45, 2.75) is 32.2 Å². The number of halogens is 2. The van der Waals surface area contributed by atoms with E-state index in [1.165, 1.54) is 23.5 Å². The van der Waals surface area contributed by atoms with E-state index in [1.807, 2.05) is 13.8 Å². The Balaban J connectivity index is 2.40. The van der Waals surface area contributed by atoms with Gasteiger partial charge >= 0.3 is 0 Å². The van der Waals surface area contributed by atoms with Crippen molar-refractivity contribution in [2.75, 3.05) is 0 Å². The van der Waals surface area contributed by atoms with Crippen LogP contribution in [-0.2, 0) is 5.54 Å². The van der Waals surface area contributed by atoms with Crippen LogP contribution in [0.15, 0.2) is 23.6 Å². The van der Waals surface area contributed by atoms with Crippen LogP contribution in [0, 0.1) is 11.6 Å². The second-order valence-corrected chi connectivity index (χ2v) is 5.42. The highest BCUT2D eigenvalue weighted by Gasteiger charge is 2.26. The molecule has 0 atom stereocenters. The van der Waals surface area contributed by atoms with Gasteiger partial charge in [0, 0.05) is 17.0 Å². The van der Waals surface area contributed by atoms with Crippen LogP contribution in [0.3, 0.4) is 0 Å². The molecule has 0 unspecified atom stereocenters. The second kappa shape index (κ2) is 5.35. The Bertz CT molecular complexity index is 556. The fraction of sp³-hybridized carbons (Fsp3) is 0.357. The normalized spacial score (nSPS) is 11.8. The van der Waals surface area contributed by atoms with Crippen LogP contribution in [0.2, 0.25) is 0 Å². The lowest BCUT2D eigenvalue weighted by Gasteiger charge is -2.23. The van der Waals surface area contributed by atoms with Crippen LogP contribution < -0.4 is 5.73 Å². The van der Waals surface area contributed by atoms with Crippen LogP contribution in [-0.4, -0.2) is 4.98 Å². The topological polar surface area (TPSA) is 38.9 Å². The lowest BCUT2D eigenvalue weighted by Crippen LogP contribution is -2.34. The highest BCUT2D eigenvalue weighted by atomic mass is 32.1. The first kappa shape index (κ1) is 14.1. The van der Waals surface area contributed by atoms with Crippen molar-refractivity contribution in [1.29, 1.82) is 0 Å². The van der Waals surface area contributed by atoms with Crippen molar-refractivity contribution in [2.24, 2.45) is 5.73 Å². The third kappa shape index (κ3) is 2.82. The fourth-order valence-corrected chi connectivity index (χ4v) is 2.98. The molecule has 2 N–H and O–H groups in total. The molecule has 19 heavy (non-hydrogen) atoms. The molecule has 0 spiro atoms. The van der Waals surface area contributed by atoms with Crippen LogP contribution in [0.1, 0.15) is 31.7 Å². The van der Waals surface area contributed by atoms with Gasteiger partial charge in [0.25, 0.3) is 0 Å². The van der Waals surface area contributed by atoms with Gasteiger partial charge in [-0.3, -0.25) is 0 Å². The predicted octanol–water partition coefficient (Wildman–Crippen LogP) is 4.06. The number of thiazole rings is 1. The highest BCUT2D eigenvalue weighted by molar-refractivity contribution is 7.10. The van der Waals surface area contributed by atoms with Gasteiger partial charge in [-0.25, -0.2) is 13.8 Å². The van der Waals surface area contributed by atoms with Crippen molar-refractivity contribution in [1.82, 2.24) is 4.98 Å². The summed E-state index contributed by atoms with van der Waals surface area (Å²) in [6.07, 6.45) is 1.54. The van der Waals surface area contributed by atoms with Gasteiger partial charge in [-0.05, 0) is 25.0 Å². The molecule has 5 heteroatoms. The van der Waals surface area contributed by atoms with Gasteiger partial charge in [0.2, 0.25) is 0 Å². The number of nitrogens with two attached hydrogens (primary N) is 1. The first-order valence-corrected chi connectivity index (χ1v) is 7.08. The Morgan fingerprint density at radius 3 is 2.26 bits per heavy atom. The first-order valence-electron chi connectivity index (χ1n) is 6.20. The molecule has 0 aliphatic heterocycles. The average molecular weight is 282 g/mol. The molecule has 0 aliphatic rings. The van der Waals surface area contributed by atoms with Crippen molar-refractivity contribution in [3.05, 3.63) is 40.2 Å². The maximum Gasteiger partial charge on any atom is 0.126 e. The zero-order valence-electron chi connectivity index (χ0n) is 10.9. The summed E-state index contributed by atoms with van der Waals surface area (Å²) in [6, 6.07) is 3.40. The van der Waals surface area contributed by atoms with Crippen LogP contribution in [0.25, 0.3) is 11.3 Å². The number of hydrogen-bond acceptors (Lipinski definition) is 3. The van der Waals surface area contributed by atoms with E-state index in [9.17, 15) is 8.78 Å². The van der Waals surface area contributed by atoms with Gasteiger partial charge in [0.15, 0.2) is 0 Å². The molecular weight excluding hydrogens is 266 g/mol. The zero-order valence-corrected chi connectivity index (χ0v) is 11.7. The molecule has 1 aromatic heterocycles. The molecule has 2 aromatic rings. The molecule has 0 saturated carbocycles. The minimum atomic E-state index is -0.602. The van der Waals surface area contributed by atoms with E-state index in [4.69, 9.17) is 5.73 Å². The minimum absolute atomic E-state index is 0.439. The first-order chi connectivity index (χ1) is 8.98. The third-order valence-corrected chi connectivity index (χ3v) is 4.41. The molecule has 102 valence electrons. The molecule has 0 bridgehead atoms. The quantitative estimate of drug-likeness (QED) is 0.918. The highest BCUT2D eigenvalue weighted by Crippen LogP contribution is 2.32. The van der Waals surface area contributed by atoms with Crippen molar-refractivity contribution < 1.29 is 8.78 Å². The Hall–Kier alpha value is -1.33. The van der Waals surface area contributed by atoms with Gasteiger partial charge in [0.1, 0.15) is 16.6 Å². The summed E-state index contributed by atoms with van der Waals surface area (Å²) in [5.41, 5.74) is 6.81. The molecule has 1 heterocycles. The van der Waals surface area contributed by atoms with Gasteiger partial charge < -0.3 is 5.73 Å². The Morgan fingerprint density at radius 2 is 1.74 bits per heavy atom. The number of hydrogen-bond donors (Lipinski definition) is 1. The van der Waals surface area contributed by atoms with Gasteiger partial charge in [0.05, 0.1) is 11.2 Å². The zero-order chi connectivity index (χ0) is 14.0. The molecule has 0 radical (unpaired) electrons. The maximum absolute atomic E-state index is 13.2. The minimum Gasteiger partial charge on any atom is -0.319 e. The summed E-state index contributed by atoms with van der Waals surface area (Å²) in [5, 5.41) is 2.59. The maximum atomic E-state index is 13.2. The standard InChI is InChI=1S/C14H16F2N2S/c1-3-14(17,4-2)13-18-12(8-19-13)9-5-10(15)7-11(16)6-9/h5-8H,3-4,17H2,1-2H3. The average Bonchev–Trinajstić information content (AvgIpc) is 2.87. The predicted molar refractivity (Wildman–Crippen MR) is 73.9 cm³/mol. The van der Waals surface area contributed by atoms with Crippen LogP contribution in [0.4, 0.5) is 8.78 Å². The lowest BCUT2D eigenvalue weighted by atomic mass is 9.95. The van der Waals surface area contributed by atoms with Gasteiger partial charge in [-0.1, -0.05) is 13.8 Å². The molecule has 0 amide bonds. The number of rotatable bonds is 4. The number of benzene rings is 1. The number of nitrogens with zero attached hydrogens (tertiary/aromatic N) is 1. The van der Waals surface area contributed by atoms with Gasteiger partial charge in [-0.15, -0.1) is 11.3 Å². The Kier molecular flexibility index (Phi) is 3.96. The SMILES string of the molecule is CCC(N)(CC)c1nc(-c2cc(F)cc(F)c2)cs1. The van der Waals surface area contributed by atoms with Crippen molar-refractivity contribution in [3.63, 3.8) is 0 Å².